The summed E-state index contributed by atoms with van der Waals surface area (Å²) < 4.78 is 10.6. The summed E-state index contributed by atoms with van der Waals surface area (Å²) in [5.41, 5.74) is 2.45. The summed E-state index contributed by atoms with van der Waals surface area (Å²) in [7, 11) is 0. The molecule has 0 radical (unpaired) electrons. The number of aromatic nitrogens is 3. The van der Waals surface area contributed by atoms with Crippen molar-refractivity contribution in [3.8, 4) is 11.4 Å². The average molecular weight is 590 g/mol. The van der Waals surface area contributed by atoms with Gasteiger partial charge in [0, 0.05) is 27.9 Å². The van der Waals surface area contributed by atoms with Crippen LogP contribution in [0.4, 0.5) is 11.4 Å². The van der Waals surface area contributed by atoms with Crippen LogP contribution in [-0.4, -0.2) is 32.9 Å². The van der Waals surface area contributed by atoms with Gasteiger partial charge in [0.15, 0.2) is 5.82 Å². The van der Waals surface area contributed by atoms with Crippen LogP contribution >= 0.6 is 15.9 Å². The Hall–Kier alpha value is -4.97. The van der Waals surface area contributed by atoms with Gasteiger partial charge in [-0.15, -0.1) is 0 Å². The minimum Gasteiger partial charge on any atom is -0.447 e. The second kappa shape index (κ2) is 10.8. The molecule has 12 heteroatoms. The first-order valence-electron chi connectivity index (χ1n) is 11.6. The highest BCUT2D eigenvalue weighted by Gasteiger charge is 2.25. The summed E-state index contributed by atoms with van der Waals surface area (Å²) in [4.78, 5) is 55.0. The third-order valence-corrected chi connectivity index (χ3v) is 6.20. The van der Waals surface area contributed by atoms with Crippen molar-refractivity contribution in [1.29, 1.82) is 0 Å². The molecular formula is C27H20BrN5O6. The van der Waals surface area contributed by atoms with E-state index in [9.17, 15) is 19.2 Å². The Bertz CT molecular complexity index is 1760. The highest BCUT2D eigenvalue weighted by Crippen LogP contribution is 2.30. The number of carbonyl (C=O) groups excluding carboxylic acids is 3. The fraction of sp³-hybridized carbons (Fsp3) is 0.0741. The van der Waals surface area contributed by atoms with Crippen molar-refractivity contribution in [2.24, 2.45) is 0 Å². The van der Waals surface area contributed by atoms with Crippen LogP contribution in [0.25, 0.3) is 22.3 Å². The fourth-order valence-electron chi connectivity index (χ4n) is 4.00. The standard InChI is InChI=1S/C27H20BrN5O6/c1-14(34)38-23(15-6-3-2-4-7-15)26(36)31-20-9-5-8-16-12-21(29-22(16)20)25(35)30-19-11-10-17(28)13-18(19)24-32-27(37)39-33-24/h2-13,23,29H,1H3,(H,30,35)(H,31,36)(H,32,33,37). The van der Waals surface area contributed by atoms with Gasteiger partial charge in [-0.3, -0.25) is 23.9 Å². The molecule has 2 heterocycles. The lowest BCUT2D eigenvalue weighted by molar-refractivity contribution is -0.152. The van der Waals surface area contributed by atoms with Gasteiger partial charge >= 0.3 is 11.7 Å². The first kappa shape index (κ1) is 25.7. The molecule has 2 amide bonds. The van der Waals surface area contributed by atoms with Gasteiger partial charge in [-0.25, -0.2) is 4.79 Å². The molecule has 5 rings (SSSR count). The Kier molecular flexibility index (Phi) is 7.10. The minimum atomic E-state index is -1.16. The number of rotatable bonds is 7. The smallest absolute Gasteiger partial charge is 0.439 e. The molecule has 1 atom stereocenters. The number of carbonyl (C=O) groups is 3. The number of amides is 2. The molecule has 0 saturated heterocycles. The molecule has 0 aliphatic rings. The van der Waals surface area contributed by atoms with Crippen molar-refractivity contribution < 1.29 is 23.6 Å². The quantitative estimate of drug-likeness (QED) is 0.199. The van der Waals surface area contributed by atoms with E-state index in [1.165, 1.54) is 6.92 Å². The SMILES string of the molecule is CC(=O)OC(C(=O)Nc1cccc2cc(C(=O)Nc3ccc(Br)cc3-c3noc(=O)[nH]3)[nH]c12)c1ccccc1. The van der Waals surface area contributed by atoms with Gasteiger partial charge < -0.3 is 20.4 Å². The van der Waals surface area contributed by atoms with Crippen LogP contribution in [0.1, 0.15) is 29.1 Å². The molecule has 3 aromatic carbocycles. The number of benzene rings is 3. The predicted molar refractivity (Wildman–Crippen MR) is 146 cm³/mol. The molecule has 0 aliphatic heterocycles. The van der Waals surface area contributed by atoms with Crippen LogP contribution in [-0.2, 0) is 14.3 Å². The van der Waals surface area contributed by atoms with Crippen LogP contribution in [0.2, 0.25) is 0 Å². The number of nitrogens with one attached hydrogen (secondary N) is 4. The van der Waals surface area contributed by atoms with Crippen molar-refractivity contribution >= 4 is 56.0 Å². The van der Waals surface area contributed by atoms with Crippen LogP contribution < -0.4 is 16.4 Å². The minimum absolute atomic E-state index is 0.152. The molecule has 0 saturated carbocycles. The molecule has 196 valence electrons. The lowest BCUT2D eigenvalue weighted by atomic mass is 10.1. The number of anilines is 2. The summed E-state index contributed by atoms with van der Waals surface area (Å²) >= 11 is 3.37. The van der Waals surface area contributed by atoms with Crippen LogP contribution in [0, 0.1) is 0 Å². The van der Waals surface area contributed by atoms with Gasteiger partial charge in [-0.2, -0.15) is 0 Å². The number of hydrogen-bond acceptors (Lipinski definition) is 7. The molecular weight excluding hydrogens is 570 g/mol. The Morgan fingerprint density at radius 3 is 2.46 bits per heavy atom. The predicted octanol–water partition coefficient (Wildman–Crippen LogP) is 4.77. The zero-order valence-electron chi connectivity index (χ0n) is 20.3. The fourth-order valence-corrected chi connectivity index (χ4v) is 4.37. The van der Waals surface area contributed by atoms with Gasteiger partial charge in [0.25, 0.3) is 11.8 Å². The number of nitrogens with zero attached hydrogens (tertiary/aromatic N) is 1. The molecule has 11 nitrogen and oxygen atoms in total. The highest BCUT2D eigenvalue weighted by atomic mass is 79.9. The zero-order valence-corrected chi connectivity index (χ0v) is 21.9. The Morgan fingerprint density at radius 1 is 0.949 bits per heavy atom. The number of halogens is 1. The van der Waals surface area contributed by atoms with E-state index in [2.05, 4.69) is 46.2 Å². The molecule has 4 N–H and O–H groups in total. The third kappa shape index (κ3) is 5.65. The van der Waals surface area contributed by atoms with Gasteiger partial charge in [0.05, 0.1) is 16.9 Å². The number of esters is 1. The van der Waals surface area contributed by atoms with Crippen molar-refractivity contribution in [1.82, 2.24) is 15.1 Å². The molecule has 1 unspecified atom stereocenters. The highest BCUT2D eigenvalue weighted by molar-refractivity contribution is 9.10. The van der Waals surface area contributed by atoms with E-state index in [1.807, 2.05) is 0 Å². The molecule has 0 fully saturated rings. The molecule has 5 aromatic rings. The summed E-state index contributed by atoms with van der Waals surface area (Å²) in [6.07, 6.45) is -1.16. The van der Waals surface area contributed by atoms with Crippen LogP contribution in [0.5, 0.6) is 0 Å². The van der Waals surface area contributed by atoms with E-state index in [0.717, 1.165) is 0 Å². The maximum Gasteiger partial charge on any atom is 0.439 e. The van der Waals surface area contributed by atoms with Gasteiger partial charge in [-0.05, 0) is 30.3 Å². The van der Waals surface area contributed by atoms with E-state index in [1.54, 1.807) is 72.8 Å². The lowest BCUT2D eigenvalue weighted by Gasteiger charge is -2.17. The normalized spacial score (nSPS) is 11.6. The Morgan fingerprint density at radius 2 is 1.74 bits per heavy atom. The number of fused-ring (bicyclic) bond motifs is 1. The molecule has 0 spiro atoms. The first-order valence-corrected chi connectivity index (χ1v) is 12.4. The van der Waals surface area contributed by atoms with Crippen LogP contribution in [0.3, 0.4) is 0 Å². The Labute approximate surface area is 228 Å². The van der Waals surface area contributed by atoms with E-state index < -0.39 is 29.6 Å². The van der Waals surface area contributed by atoms with E-state index in [0.29, 0.717) is 37.9 Å². The van der Waals surface area contributed by atoms with Crippen molar-refractivity contribution in [2.75, 3.05) is 10.6 Å². The number of H-pyrrole nitrogens is 2. The number of hydrogen-bond donors (Lipinski definition) is 4. The lowest BCUT2D eigenvalue weighted by Crippen LogP contribution is -2.25. The van der Waals surface area contributed by atoms with Crippen molar-refractivity contribution in [3.63, 3.8) is 0 Å². The second-order valence-corrected chi connectivity index (χ2v) is 9.35. The number of aromatic amines is 2. The first-order chi connectivity index (χ1) is 18.8. The Balaban J connectivity index is 1.42. The van der Waals surface area contributed by atoms with Crippen LogP contribution in [0.15, 0.2) is 86.6 Å². The zero-order chi connectivity index (χ0) is 27.5. The second-order valence-electron chi connectivity index (χ2n) is 8.43. The molecule has 0 bridgehead atoms. The monoisotopic (exact) mass is 589 g/mol. The maximum absolute atomic E-state index is 13.2. The number of para-hydroxylation sites is 1. The van der Waals surface area contributed by atoms with Crippen molar-refractivity contribution in [2.45, 2.75) is 13.0 Å². The summed E-state index contributed by atoms with van der Waals surface area (Å²) in [5, 5.41) is 9.96. The molecule has 0 aliphatic carbocycles. The molecule has 39 heavy (non-hydrogen) atoms. The van der Waals surface area contributed by atoms with E-state index in [4.69, 9.17) is 4.74 Å². The van der Waals surface area contributed by atoms with E-state index in [-0.39, 0.29) is 11.5 Å². The maximum atomic E-state index is 13.2. The summed E-state index contributed by atoms with van der Waals surface area (Å²) in [6.45, 7) is 1.23. The third-order valence-electron chi connectivity index (χ3n) is 5.71. The van der Waals surface area contributed by atoms with Gasteiger partial charge in [0.1, 0.15) is 5.69 Å². The van der Waals surface area contributed by atoms with Gasteiger partial charge in [0.2, 0.25) is 6.10 Å². The van der Waals surface area contributed by atoms with Gasteiger partial charge in [-0.1, -0.05) is 63.6 Å². The molecule has 2 aromatic heterocycles. The summed E-state index contributed by atoms with van der Waals surface area (Å²) in [5.74, 6) is -2.20. The topological polar surface area (TPSA) is 159 Å². The van der Waals surface area contributed by atoms with E-state index >= 15 is 0 Å². The largest absolute Gasteiger partial charge is 0.447 e. The summed E-state index contributed by atoms with van der Waals surface area (Å²) in [6, 6.07) is 20.5. The number of ether oxygens (including phenoxy) is 1. The average Bonchev–Trinajstić information content (AvgIpc) is 3.56. The van der Waals surface area contributed by atoms with Crippen molar-refractivity contribution in [3.05, 3.63) is 99.1 Å².